The van der Waals surface area contributed by atoms with Crippen LogP contribution in [0.5, 0.6) is 0 Å². The van der Waals surface area contributed by atoms with Gasteiger partial charge in [-0.25, -0.2) is 0 Å². The minimum Gasteiger partial charge on any atom is -0.352 e. The van der Waals surface area contributed by atoms with E-state index in [0.29, 0.717) is 19.4 Å². The SMILES string of the molecule is Cc1ccc(CCC(=O)N(CCc2ccccc2)[C@H](C)C(=O)NC2CCCCC2)cc1. The van der Waals surface area contributed by atoms with E-state index in [1.165, 1.54) is 30.4 Å². The van der Waals surface area contributed by atoms with Crippen LogP contribution in [0, 0.1) is 6.92 Å². The van der Waals surface area contributed by atoms with Gasteiger partial charge in [-0.3, -0.25) is 9.59 Å². The highest BCUT2D eigenvalue weighted by molar-refractivity contribution is 5.87. The summed E-state index contributed by atoms with van der Waals surface area (Å²) in [6.07, 6.45) is 7.55. The number of rotatable bonds is 9. The van der Waals surface area contributed by atoms with Gasteiger partial charge >= 0.3 is 0 Å². The lowest BCUT2D eigenvalue weighted by molar-refractivity contribution is -0.140. The molecule has 0 aromatic heterocycles. The molecule has 3 rings (SSSR count). The minimum absolute atomic E-state index is 0.0244. The summed E-state index contributed by atoms with van der Waals surface area (Å²) in [4.78, 5) is 27.9. The maximum absolute atomic E-state index is 13.2. The number of hydrogen-bond donors (Lipinski definition) is 1. The molecule has 1 saturated carbocycles. The van der Waals surface area contributed by atoms with Crippen LogP contribution in [0.1, 0.15) is 62.1 Å². The van der Waals surface area contributed by atoms with Crippen LogP contribution in [0.3, 0.4) is 0 Å². The number of benzene rings is 2. The van der Waals surface area contributed by atoms with Crippen molar-refractivity contribution >= 4 is 11.8 Å². The predicted molar refractivity (Wildman–Crippen MR) is 126 cm³/mol. The fourth-order valence-electron chi connectivity index (χ4n) is 4.29. The Hall–Kier alpha value is -2.62. The summed E-state index contributed by atoms with van der Waals surface area (Å²) in [6, 6.07) is 18.3. The van der Waals surface area contributed by atoms with Crippen molar-refractivity contribution in [1.82, 2.24) is 10.2 Å². The molecule has 0 heterocycles. The Balaban J connectivity index is 1.63. The van der Waals surface area contributed by atoms with Gasteiger partial charge in [0.25, 0.3) is 0 Å². The molecular formula is C27H36N2O2. The van der Waals surface area contributed by atoms with E-state index in [2.05, 4.69) is 48.6 Å². The number of aryl methyl sites for hydroxylation is 2. The molecular weight excluding hydrogens is 384 g/mol. The van der Waals surface area contributed by atoms with Gasteiger partial charge in [-0.05, 0) is 50.7 Å². The quantitative estimate of drug-likeness (QED) is 0.631. The molecule has 0 bridgehead atoms. The highest BCUT2D eigenvalue weighted by atomic mass is 16.2. The smallest absolute Gasteiger partial charge is 0.242 e. The van der Waals surface area contributed by atoms with Gasteiger partial charge in [-0.15, -0.1) is 0 Å². The molecule has 1 aliphatic carbocycles. The third kappa shape index (κ3) is 7.23. The largest absolute Gasteiger partial charge is 0.352 e. The second kappa shape index (κ2) is 11.7. The summed E-state index contributed by atoms with van der Waals surface area (Å²) in [5.41, 5.74) is 3.55. The third-order valence-electron chi connectivity index (χ3n) is 6.35. The summed E-state index contributed by atoms with van der Waals surface area (Å²) in [5, 5.41) is 3.20. The number of amides is 2. The Bertz CT molecular complexity index is 826. The van der Waals surface area contributed by atoms with Crippen molar-refractivity contribution in [3.05, 3.63) is 71.3 Å². The fourth-order valence-corrected chi connectivity index (χ4v) is 4.29. The summed E-state index contributed by atoms with van der Waals surface area (Å²) in [7, 11) is 0. The molecule has 1 aliphatic rings. The molecule has 2 aromatic carbocycles. The molecule has 1 atom stereocenters. The lowest BCUT2D eigenvalue weighted by Gasteiger charge is -2.31. The summed E-state index contributed by atoms with van der Waals surface area (Å²) >= 11 is 0. The number of nitrogens with one attached hydrogen (secondary N) is 1. The van der Waals surface area contributed by atoms with Crippen LogP contribution in [-0.4, -0.2) is 35.3 Å². The van der Waals surface area contributed by atoms with E-state index in [1.807, 2.05) is 25.1 Å². The van der Waals surface area contributed by atoms with Gasteiger partial charge < -0.3 is 10.2 Å². The topological polar surface area (TPSA) is 49.4 Å². The zero-order valence-electron chi connectivity index (χ0n) is 19.0. The first kappa shape index (κ1) is 23.1. The molecule has 1 fully saturated rings. The standard InChI is InChI=1S/C27H36N2O2/c1-21-13-15-24(16-14-21)17-18-26(30)29(20-19-23-9-5-3-6-10-23)22(2)27(31)28-25-11-7-4-8-12-25/h3,5-6,9-10,13-16,22,25H,4,7-8,11-12,17-20H2,1-2H3,(H,28,31)/t22-/m1/s1. The predicted octanol–water partition coefficient (Wildman–Crippen LogP) is 4.84. The number of hydrogen-bond acceptors (Lipinski definition) is 2. The second-order valence-corrected chi connectivity index (χ2v) is 8.83. The van der Waals surface area contributed by atoms with Gasteiger partial charge in [-0.1, -0.05) is 79.4 Å². The first-order chi connectivity index (χ1) is 15.0. The average Bonchev–Trinajstić information content (AvgIpc) is 2.80. The lowest BCUT2D eigenvalue weighted by atomic mass is 9.95. The van der Waals surface area contributed by atoms with Crippen LogP contribution in [-0.2, 0) is 22.4 Å². The van der Waals surface area contributed by atoms with Crippen molar-refractivity contribution in [3.63, 3.8) is 0 Å². The van der Waals surface area contributed by atoms with Crippen LogP contribution < -0.4 is 5.32 Å². The van der Waals surface area contributed by atoms with Crippen molar-refractivity contribution in [3.8, 4) is 0 Å². The highest BCUT2D eigenvalue weighted by Gasteiger charge is 2.27. The van der Waals surface area contributed by atoms with Gasteiger partial charge in [0.15, 0.2) is 0 Å². The summed E-state index contributed by atoms with van der Waals surface area (Å²) in [6.45, 7) is 4.48. The Morgan fingerprint density at radius 2 is 1.58 bits per heavy atom. The molecule has 1 N–H and O–H groups in total. The lowest BCUT2D eigenvalue weighted by Crippen LogP contribution is -2.51. The Kier molecular flexibility index (Phi) is 8.69. The molecule has 0 saturated heterocycles. The van der Waals surface area contributed by atoms with E-state index in [1.54, 1.807) is 4.90 Å². The molecule has 2 amide bonds. The molecule has 0 radical (unpaired) electrons. The van der Waals surface area contributed by atoms with Gasteiger partial charge in [0.1, 0.15) is 6.04 Å². The van der Waals surface area contributed by atoms with Gasteiger partial charge in [0.2, 0.25) is 11.8 Å². The number of carbonyl (C=O) groups is 2. The Morgan fingerprint density at radius 3 is 2.26 bits per heavy atom. The van der Waals surface area contributed by atoms with E-state index in [4.69, 9.17) is 0 Å². The molecule has 166 valence electrons. The third-order valence-corrected chi connectivity index (χ3v) is 6.35. The van der Waals surface area contributed by atoms with Crippen LogP contribution in [0.15, 0.2) is 54.6 Å². The van der Waals surface area contributed by atoms with Crippen molar-refractivity contribution in [2.24, 2.45) is 0 Å². The van der Waals surface area contributed by atoms with Crippen LogP contribution in [0.4, 0.5) is 0 Å². The number of carbonyl (C=O) groups excluding carboxylic acids is 2. The molecule has 0 aliphatic heterocycles. The highest BCUT2D eigenvalue weighted by Crippen LogP contribution is 2.18. The maximum atomic E-state index is 13.2. The normalized spacial score (nSPS) is 15.3. The molecule has 2 aromatic rings. The van der Waals surface area contributed by atoms with Crippen LogP contribution >= 0.6 is 0 Å². The summed E-state index contributed by atoms with van der Waals surface area (Å²) < 4.78 is 0. The van der Waals surface area contributed by atoms with E-state index in [0.717, 1.165) is 24.8 Å². The van der Waals surface area contributed by atoms with Crippen molar-refractivity contribution in [2.75, 3.05) is 6.54 Å². The molecule has 0 spiro atoms. The van der Waals surface area contributed by atoms with E-state index in [9.17, 15) is 9.59 Å². The van der Waals surface area contributed by atoms with Crippen molar-refractivity contribution in [2.45, 2.75) is 77.3 Å². The molecule has 31 heavy (non-hydrogen) atoms. The zero-order valence-corrected chi connectivity index (χ0v) is 19.0. The van der Waals surface area contributed by atoms with Crippen molar-refractivity contribution < 1.29 is 9.59 Å². The van der Waals surface area contributed by atoms with Gasteiger partial charge in [-0.2, -0.15) is 0 Å². The first-order valence-corrected chi connectivity index (χ1v) is 11.7. The van der Waals surface area contributed by atoms with Crippen LogP contribution in [0.2, 0.25) is 0 Å². The zero-order chi connectivity index (χ0) is 22.1. The Labute approximate surface area is 187 Å². The molecule has 4 nitrogen and oxygen atoms in total. The number of nitrogens with zero attached hydrogens (tertiary/aromatic N) is 1. The van der Waals surface area contributed by atoms with E-state index in [-0.39, 0.29) is 17.9 Å². The van der Waals surface area contributed by atoms with Gasteiger partial charge in [0, 0.05) is 19.0 Å². The molecule has 0 unspecified atom stereocenters. The monoisotopic (exact) mass is 420 g/mol. The van der Waals surface area contributed by atoms with E-state index < -0.39 is 6.04 Å². The first-order valence-electron chi connectivity index (χ1n) is 11.7. The molecule has 4 heteroatoms. The van der Waals surface area contributed by atoms with Crippen molar-refractivity contribution in [1.29, 1.82) is 0 Å². The van der Waals surface area contributed by atoms with E-state index >= 15 is 0 Å². The second-order valence-electron chi connectivity index (χ2n) is 8.83. The minimum atomic E-state index is -0.462. The summed E-state index contributed by atoms with van der Waals surface area (Å²) in [5.74, 6) is 0.0199. The van der Waals surface area contributed by atoms with Gasteiger partial charge in [0.05, 0.1) is 0 Å². The van der Waals surface area contributed by atoms with Crippen LogP contribution in [0.25, 0.3) is 0 Å². The Morgan fingerprint density at radius 1 is 0.935 bits per heavy atom. The maximum Gasteiger partial charge on any atom is 0.242 e. The fraction of sp³-hybridized carbons (Fsp3) is 0.481. The average molecular weight is 421 g/mol.